The van der Waals surface area contributed by atoms with Gasteiger partial charge in [-0.05, 0) is 44.8 Å². The van der Waals surface area contributed by atoms with Gasteiger partial charge in [-0.3, -0.25) is 9.20 Å². The van der Waals surface area contributed by atoms with Crippen LogP contribution in [0.2, 0.25) is 5.02 Å². The van der Waals surface area contributed by atoms with E-state index in [2.05, 4.69) is 9.88 Å². The monoisotopic (exact) mass is 454 g/mol. The lowest BCUT2D eigenvalue weighted by atomic mass is 10.1. The van der Waals surface area contributed by atoms with E-state index in [4.69, 9.17) is 22.1 Å². The molecule has 0 saturated heterocycles. The van der Waals surface area contributed by atoms with Crippen LogP contribution in [0.1, 0.15) is 33.8 Å². The number of pyridine rings is 1. The number of nitrogens with zero attached hydrogens (tertiary/aromatic N) is 3. The molecule has 0 bridgehead atoms. The van der Waals surface area contributed by atoms with Gasteiger partial charge in [0.05, 0.1) is 16.8 Å². The van der Waals surface area contributed by atoms with Gasteiger partial charge in [0.1, 0.15) is 22.4 Å². The SMILES string of the molecule is CC(Oc1cc(-c2cnc3ccccn23)sc1C(N)=O)c1ccc(CN(C)C)cc1Cl. The molecule has 3 aromatic heterocycles. The van der Waals surface area contributed by atoms with E-state index >= 15 is 0 Å². The second kappa shape index (κ2) is 8.70. The molecule has 1 amide bonds. The highest BCUT2D eigenvalue weighted by atomic mass is 35.5. The molecule has 160 valence electrons. The first-order chi connectivity index (χ1) is 14.8. The normalized spacial score (nSPS) is 12.4. The Balaban J connectivity index is 1.65. The van der Waals surface area contributed by atoms with Crippen molar-refractivity contribution in [1.29, 1.82) is 0 Å². The van der Waals surface area contributed by atoms with Gasteiger partial charge in [0.25, 0.3) is 5.91 Å². The van der Waals surface area contributed by atoms with Gasteiger partial charge in [-0.1, -0.05) is 29.8 Å². The molecule has 0 spiro atoms. The number of primary amides is 1. The third-order valence-corrected chi connectivity index (χ3v) is 6.38. The molecule has 0 fully saturated rings. The first-order valence-electron chi connectivity index (χ1n) is 9.79. The summed E-state index contributed by atoms with van der Waals surface area (Å²) in [5, 5.41) is 0.629. The Morgan fingerprint density at radius 1 is 1.29 bits per heavy atom. The fourth-order valence-corrected chi connectivity index (χ4v) is 4.80. The lowest BCUT2D eigenvalue weighted by Crippen LogP contribution is -2.13. The number of halogens is 1. The number of ether oxygens (including phenoxy) is 1. The van der Waals surface area contributed by atoms with Gasteiger partial charge in [0.2, 0.25) is 0 Å². The molecule has 8 heteroatoms. The minimum Gasteiger partial charge on any atom is -0.484 e. The number of imidazole rings is 1. The fourth-order valence-electron chi connectivity index (χ4n) is 3.49. The third kappa shape index (κ3) is 4.44. The molecule has 4 aromatic rings. The first kappa shape index (κ1) is 21.4. The molecule has 3 heterocycles. The van der Waals surface area contributed by atoms with Crippen LogP contribution in [-0.2, 0) is 6.54 Å². The summed E-state index contributed by atoms with van der Waals surface area (Å²) in [4.78, 5) is 19.8. The fraction of sp³-hybridized carbons (Fsp3) is 0.217. The molecule has 1 aromatic carbocycles. The number of carbonyl (C=O) groups excluding carboxylic acids is 1. The van der Waals surface area contributed by atoms with Gasteiger partial charge >= 0.3 is 0 Å². The molecule has 1 unspecified atom stereocenters. The Hall–Kier alpha value is -2.87. The van der Waals surface area contributed by atoms with E-state index < -0.39 is 5.91 Å². The number of hydrogen-bond donors (Lipinski definition) is 1. The quantitative estimate of drug-likeness (QED) is 0.425. The van der Waals surface area contributed by atoms with Crippen LogP contribution in [0.25, 0.3) is 16.2 Å². The van der Waals surface area contributed by atoms with Crippen molar-refractivity contribution in [2.24, 2.45) is 5.73 Å². The van der Waals surface area contributed by atoms with Gasteiger partial charge in [-0.15, -0.1) is 11.3 Å². The van der Waals surface area contributed by atoms with Crippen molar-refractivity contribution in [1.82, 2.24) is 14.3 Å². The third-order valence-electron chi connectivity index (χ3n) is 4.90. The predicted molar refractivity (Wildman–Crippen MR) is 125 cm³/mol. The zero-order valence-electron chi connectivity index (χ0n) is 17.5. The summed E-state index contributed by atoms with van der Waals surface area (Å²) < 4.78 is 8.13. The summed E-state index contributed by atoms with van der Waals surface area (Å²) >= 11 is 7.82. The Morgan fingerprint density at radius 3 is 2.81 bits per heavy atom. The summed E-state index contributed by atoms with van der Waals surface area (Å²) in [5.41, 5.74) is 9.31. The van der Waals surface area contributed by atoms with E-state index in [1.165, 1.54) is 11.3 Å². The second-order valence-corrected chi connectivity index (χ2v) is 9.05. The highest BCUT2D eigenvalue weighted by Crippen LogP contribution is 2.39. The minimum absolute atomic E-state index is 0.358. The molecule has 0 radical (unpaired) electrons. The van der Waals surface area contributed by atoms with Gasteiger partial charge < -0.3 is 15.4 Å². The molecular formula is C23H23ClN4O2S. The topological polar surface area (TPSA) is 72.9 Å². The van der Waals surface area contributed by atoms with E-state index in [1.54, 1.807) is 6.20 Å². The molecule has 0 aliphatic rings. The molecule has 1 atom stereocenters. The number of nitrogens with two attached hydrogens (primary N) is 1. The highest BCUT2D eigenvalue weighted by Gasteiger charge is 2.21. The second-order valence-electron chi connectivity index (χ2n) is 7.59. The maximum absolute atomic E-state index is 12.1. The average Bonchev–Trinajstić information content (AvgIpc) is 3.31. The molecule has 0 aliphatic carbocycles. The van der Waals surface area contributed by atoms with Crippen LogP contribution in [0.5, 0.6) is 5.75 Å². The summed E-state index contributed by atoms with van der Waals surface area (Å²) in [6, 6.07) is 13.6. The number of rotatable bonds is 7. The number of aromatic nitrogens is 2. The Kier molecular flexibility index (Phi) is 6.00. The van der Waals surface area contributed by atoms with Crippen molar-refractivity contribution >= 4 is 34.5 Å². The van der Waals surface area contributed by atoms with Crippen LogP contribution >= 0.6 is 22.9 Å². The van der Waals surface area contributed by atoms with Crippen LogP contribution in [0.4, 0.5) is 0 Å². The molecule has 6 nitrogen and oxygen atoms in total. The zero-order valence-corrected chi connectivity index (χ0v) is 19.1. The predicted octanol–water partition coefficient (Wildman–Crippen LogP) is 5.02. The van der Waals surface area contributed by atoms with E-state index in [0.29, 0.717) is 15.6 Å². The van der Waals surface area contributed by atoms with Crippen LogP contribution in [0.3, 0.4) is 0 Å². The molecule has 4 rings (SSSR count). The van der Waals surface area contributed by atoms with Gasteiger partial charge in [-0.25, -0.2) is 4.98 Å². The van der Waals surface area contributed by atoms with Crippen molar-refractivity contribution in [3.05, 3.63) is 75.9 Å². The van der Waals surface area contributed by atoms with E-state index in [9.17, 15) is 4.79 Å². The van der Waals surface area contributed by atoms with Crippen LogP contribution < -0.4 is 10.5 Å². The van der Waals surface area contributed by atoms with E-state index in [-0.39, 0.29) is 6.10 Å². The Labute approximate surface area is 189 Å². The lowest BCUT2D eigenvalue weighted by molar-refractivity contribution is 0.0998. The van der Waals surface area contributed by atoms with Crippen LogP contribution in [-0.4, -0.2) is 34.3 Å². The summed E-state index contributed by atoms with van der Waals surface area (Å²) in [7, 11) is 4.02. The van der Waals surface area contributed by atoms with Crippen molar-refractivity contribution in [3.63, 3.8) is 0 Å². The van der Waals surface area contributed by atoms with Crippen molar-refractivity contribution < 1.29 is 9.53 Å². The molecule has 2 N–H and O–H groups in total. The van der Waals surface area contributed by atoms with E-state index in [1.807, 2.05) is 74.1 Å². The lowest BCUT2D eigenvalue weighted by Gasteiger charge is -2.17. The summed E-state index contributed by atoms with van der Waals surface area (Å²) in [6.07, 6.45) is 3.35. The Bertz CT molecular complexity index is 1250. The number of carbonyl (C=O) groups is 1. The average molecular weight is 455 g/mol. The first-order valence-corrected chi connectivity index (χ1v) is 11.0. The standard InChI is InChI=1S/C23H23ClN4O2S/c1-14(16-8-7-15(10-17(16)24)13-27(2)3)30-19-11-20(31-22(19)23(25)29)18-12-26-21-6-4-5-9-28(18)21/h4-12,14H,13H2,1-3H3,(H2,25,29). The van der Waals surface area contributed by atoms with Crippen LogP contribution in [0.15, 0.2) is 54.9 Å². The molecule has 0 saturated carbocycles. The van der Waals surface area contributed by atoms with Gasteiger partial charge in [-0.2, -0.15) is 0 Å². The van der Waals surface area contributed by atoms with E-state index in [0.717, 1.165) is 33.9 Å². The zero-order chi connectivity index (χ0) is 22.1. The maximum atomic E-state index is 12.1. The van der Waals surface area contributed by atoms with Crippen molar-refractivity contribution in [2.45, 2.75) is 19.6 Å². The summed E-state index contributed by atoms with van der Waals surface area (Å²) in [6.45, 7) is 2.71. The largest absolute Gasteiger partial charge is 0.484 e. The number of benzene rings is 1. The maximum Gasteiger partial charge on any atom is 0.262 e. The minimum atomic E-state index is -0.528. The van der Waals surface area contributed by atoms with Crippen LogP contribution in [0, 0.1) is 0 Å². The van der Waals surface area contributed by atoms with Crippen molar-refractivity contribution in [3.8, 4) is 16.3 Å². The number of thiophene rings is 1. The smallest absolute Gasteiger partial charge is 0.262 e. The summed E-state index contributed by atoms with van der Waals surface area (Å²) in [5.74, 6) is -0.0842. The number of fused-ring (bicyclic) bond motifs is 1. The van der Waals surface area contributed by atoms with Gasteiger partial charge in [0, 0.05) is 29.4 Å². The number of amides is 1. The molecule has 31 heavy (non-hydrogen) atoms. The molecule has 0 aliphatic heterocycles. The van der Waals surface area contributed by atoms with Crippen molar-refractivity contribution in [2.75, 3.05) is 14.1 Å². The Morgan fingerprint density at radius 2 is 2.10 bits per heavy atom. The number of hydrogen-bond acceptors (Lipinski definition) is 5. The highest BCUT2D eigenvalue weighted by molar-refractivity contribution is 7.17. The molecular weight excluding hydrogens is 432 g/mol. The van der Waals surface area contributed by atoms with Gasteiger partial charge in [0.15, 0.2) is 0 Å².